The van der Waals surface area contributed by atoms with Gasteiger partial charge in [0.05, 0.1) is 23.1 Å². The fourth-order valence-electron chi connectivity index (χ4n) is 1.37. The van der Waals surface area contributed by atoms with Gasteiger partial charge in [-0.15, -0.1) is 0 Å². The van der Waals surface area contributed by atoms with Crippen LogP contribution in [0.25, 0.3) is 0 Å². The fraction of sp³-hybridized carbons (Fsp3) is 0.364. The molecule has 0 amide bonds. The van der Waals surface area contributed by atoms with Crippen molar-refractivity contribution in [2.75, 3.05) is 12.3 Å². The van der Waals surface area contributed by atoms with E-state index >= 15 is 0 Å². The van der Waals surface area contributed by atoms with Gasteiger partial charge in [-0.2, -0.15) is 5.26 Å². The molecule has 0 unspecified atom stereocenters. The third-order valence-corrected chi connectivity index (χ3v) is 3.83. The van der Waals surface area contributed by atoms with E-state index in [0.717, 1.165) is 0 Å². The van der Waals surface area contributed by atoms with Crippen molar-refractivity contribution in [1.29, 1.82) is 5.26 Å². The van der Waals surface area contributed by atoms with Crippen LogP contribution >= 0.6 is 0 Å². The van der Waals surface area contributed by atoms with Crippen molar-refractivity contribution in [3.63, 3.8) is 0 Å². The van der Waals surface area contributed by atoms with Crippen LogP contribution in [0.3, 0.4) is 0 Å². The topological polar surface area (TPSA) is 84.0 Å². The SMILES string of the molecule is N#Cc1ccccc1CS(=O)(=O)CCCN. The summed E-state index contributed by atoms with van der Waals surface area (Å²) in [7, 11) is -3.16. The van der Waals surface area contributed by atoms with Gasteiger partial charge in [0.25, 0.3) is 0 Å². The molecule has 0 heterocycles. The number of sulfone groups is 1. The van der Waals surface area contributed by atoms with Gasteiger partial charge in [0, 0.05) is 0 Å². The van der Waals surface area contributed by atoms with Crippen LogP contribution < -0.4 is 5.73 Å². The highest BCUT2D eigenvalue weighted by molar-refractivity contribution is 7.90. The molecule has 2 N–H and O–H groups in total. The van der Waals surface area contributed by atoms with Crippen LogP contribution in [-0.2, 0) is 15.6 Å². The van der Waals surface area contributed by atoms with Gasteiger partial charge in [0.1, 0.15) is 0 Å². The second-order valence-corrected chi connectivity index (χ2v) is 5.69. The molecular weight excluding hydrogens is 224 g/mol. The van der Waals surface area contributed by atoms with Gasteiger partial charge in [-0.25, -0.2) is 8.42 Å². The van der Waals surface area contributed by atoms with Gasteiger partial charge in [0.15, 0.2) is 9.84 Å². The maximum atomic E-state index is 11.7. The summed E-state index contributed by atoms with van der Waals surface area (Å²) in [6.45, 7) is 0.360. The molecule has 16 heavy (non-hydrogen) atoms. The Balaban J connectivity index is 2.85. The van der Waals surface area contributed by atoms with Gasteiger partial charge >= 0.3 is 0 Å². The summed E-state index contributed by atoms with van der Waals surface area (Å²) in [5.74, 6) is -0.0139. The molecule has 0 aliphatic carbocycles. The van der Waals surface area contributed by atoms with Crippen molar-refractivity contribution in [3.8, 4) is 6.07 Å². The normalized spacial score (nSPS) is 11.0. The van der Waals surface area contributed by atoms with E-state index in [1.54, 1.807) is 24.3 Å². The lowest BCUT2D eigenvalue weighted by molar-refractivity contribution is 0.592. The van der Waals surface area contributed by atoms with Gasteiger partial charge < -0.3 is 5.73 Å². The Labute approximate surface area is 95.6 Å². The monoisotopic (exact) mass is 238 g/mol. The lowest BCUT2D eigenvalue weighted by Gasteiger charge is -2.05. The Morgan fingerprint density at radius 2 is 2.00 bits per heavy atom. The molecule has 0 atom stereocenters. The van der Waals surface area contributed by atoms with Gasteiger partial charge in [-0.3, -0.25) is 0 Å². The summed E-state index contributed by atoms with van der Waals surface area (Å²) >= 11 is 0. The molecule has 0 aliphatic heterocycles. The number of rotatable bonds is 5. The molecule has 86 valence electrons. The van der Waals surface area contributed by atoms with Gasteiger partial charge in [-0.1, -0.05) is 18.2 Å². The second kappa shape index (κ2) is 5.64. The molecule has 0 bridgehead atoms. The Bertz CT molecular complexity index is 489. The van der Waals surface area contributed by atoms with Crippen LogP contribution in [0.2, 0.25) is 0 Å². The van der Waals surface area contributed by atoms with Crippen LogP contribution in [0.15, 0.2) is 24.3 Å². The Hall–Kier alpha value is -1.38. The molecule has 0 aromatic heterocycles. The standard InChI is InChI=1S/C11H14N2O2S/c12-6-3-7-16(14,15)9-11-5-2-1-4-10(11)8-13/h1-2,4-5H,3,6-7,9,12H2. The van der Waals surface area contributed by atoms with Crippen molar-refractivity contribution in [3.05, 3.63) is 35.4 Å². The molecule has 1 aromatic rings. The first kappa shape index (κ1) is 12.7. The van der Waals surface area contributed by atoms with E-state index in [2.05, 4.69) is 0 Å². The molecule has 4 nitrogen and oxygen atoms in total. The van der Waals surface area contributed by atoms with Crippen LogP contribution in [0.4, 0.5) is 0 Å². The number of hydrogen-bond acceptors (Lipinski definition) is 4. The minimum atomic E-state index is -3.16. The molecule has 0 radical (unpaired) electrons. The molecule has 0 aliphatic rings. The predicted octanol–water partition coefficient (Wildman–Crippen LogP) is 0.822. The molecule has 5 heteroatoms. The average Bonchev–Trinajstić information content (AvgIpc) is 2.27. The second-order valence-electron chi connectivity index (χ2n) is 3.50. The van der Waals surface area contributed by atoms with Crippen molar-refractivity contribution in [2.45, 2.75) is 12.2 Å². The van der Waals surface area contributed by atoms with Crippen LogP contribution in [0.1, 0.15) is 17.5 Å². The van der Waals surface area contributed by atoms with Crippen LogP contribution in [0.5, 0.6) is 0 Å². The van der Waals surface area contributed by atoms with E-state index in [1.165, 1.54) is 0 Å². The fourth-order valence-corrected chi connectivity index (χ4v) is 2.84. The van der Waals surface area contributed by atoms with E-state index in [-0.39, 0.29) is 11.5 Å². The van der Waals surface area contributed by atoms with Gasteiger partial charge in [-0.05, 0) is 24.6 Å². The maximum Gasteiger partial charge on any atom is 0.154 e. The first-order valence-corrected chi connectivity index (χ1v) is 6.79. The van der Waals surface area contributed by atoms with Crippen LogP contribution in [0, 0.1) is 11.3 Å². The lowest BCUT2D eigenvalue weighted by Crippen LogP contribution is -2.13. The molecule has 0 fully saturated rings. The minimum absolute atomic E-state index is 0.0727. The summed E-state index contributed by atoms with van der Waals surface area (Å²) in [5, 5.41) is 8.83. The number of nitrogens with zero attached hydrogens (tertiary/aromatic N) is 1. The van der Waals surface area contributed by atoms with Crippen LogP contribution in [-0.4, -0.2) is 20.7 Å². The molecule has 1 aromatic carbocycles. The minimum Gasteiger partial charge on any atom is -0.330 e. The summed E-state index contributed by atoms with van der Waals surface area (Å²) in [6.07, 6.45) is 0.455. The number of nitrogens with two attached hydrogens (primary N) is 1. The van der Waals surface area contributed by atoms with E-state index in [0.29, 0.717) is 24.1 Å². The van der Waals surface area contributed by atoms with E-state index in [9.17, 15) is 8.42 Å². The number of benzene rings is 1. The molecular formula is C11H14N2O2S. The molecule has 1 rings (SSSR count). The largest absolute Gasteiger partial charge is 0.330 e. The van der Waals surface area contributed by atoms with E-state index in [4.69, 9.17) is 11.0 Å². The third-order valence-electron chi connectivity index (χ3n) is 2.17. The summed E-state index contributed by atoms with van der Waals surface area (Å²) in [4.78, 5) is 0. The zero-order chi connectivity index (χ0) is 12.0. The zero-order valence-electron chi connectivity index (χ0n) is 8.89. The summed E-state index contributed by atoms with van der Waals surface area (Å²) in [6, 6.07) is 8.72. The lowest BCUT2D eigenvalue weighted by atomic mass is 10.1. The molecule has 0 spiro atoms. The Morgan fingerprint density at radius 3 is 2.62 bits per heavy atom. The highest BCUT2D eigenvalue weighted by atomic mass is 32.2. The van der Waals surface area contributed by atoms with Crippen molar-refractivity contribution in [1.82, 2.24) is 0 Å². The smallest absolute Gasteiger partial charge is 0.154 e. The van der Waals surface area contributed by atoms with Crippen molar-refractivity contribution < 1.29 is 8.42 Å². The number of nitriles is 1. The maximum absolute atomic E-state index is 11.7. The highest BCUT2D eigenvalue weighted by Crippen LogP contribution is 2.12. The van der Waals surface area contributed by atoms with Crippen molar-refractivity contribution >= 4 is 9.84 Å². The third kappa shape index (κ3) is 3.65. The molecule has 0 saturated heterocycles. The Kier molecular flexibility index (Phi) is 4.47. The highest BCUT2D eigenvalue weighted by Gasteiger charge is 2.13. The molecule has 0 saturated carbocycles. The summed E-state index contributed by atoms with van der Waals surface area (Å²) < 4.78 is 23.3. The zero-order valence-corrected chi connectivity index (χ0v) is 9.70. The van der Waals surface area contributed by atoms with Crippen molar-refractivity contribution in [2.24, 2.45) is 5.73 Å². The van der Waals surface area contributed by atoms with Gasteiger partial charge in [0.2, 0.25) is 0 Å². The van der Waals surface area contributed by atoms with E-state index in [1.807, 2.05) is 6.07 Å². The van der Waals surface area contributed by atoms with E-state index < -0.39 is 9.84 Å². The quantitative estimate of drug-likeness (QED) is 0.823. The average molecular weight is 238 g/mol. The number of hydrogen-bond donors (Lipinski definition) is 1. The predicted molar refractivity (Wildman–Crippen MR) is 62.3 cm³/mol. The summed E-state index contributed by atoms with van der Waals surface area (Å²) in [5.41, 5.74) is 6.24. The Morgan fingerprint density at radius 1 is 1.31 bits per heavy atom. The first-order chi connectivity index (χ1) is 7.59. The first-order valence-electron chi connectivity index (χ1n) is 4.97.